The molecule has 4 heteroatoms. The summed E-state index contributed by atoms with van der Waals surface area (Å²) in [4.78, 5) is 10.3. The molecule has 1 rings (SSSR count). The van der Waals surface area contributed by atoms with E-state index in [2.05, 4.69) is 4.74 Å². The maximum atomic E-state index is 10.3. The summed E-state index contributed by atoms with van der Waals surface area (Å²) in [5.41, 5.74) is 0. The average molecular weight is 148 g/mol. The van der Waals surface area contributed by atoms with E-state index < -0.39 is 0 Å². The topological polar surface area (TPSA) is 66.8 Å². The molecule has 1 atom stereocenters. The summed E-state index contributed by atoms with van der Waals surface area (Å²) in [5.74, 6) is -0.191. The molecule has 0 aromatic carbocycles. The molecule has 0 radical (unpaired) electrons. The van der Waals surface area contributed by atoms with Crippen LogP contribution < -0.4 is 0 Å². The summed E-state index contributed by atoms with van der Waals surface area (Å²) in [6.45, 7) is -0.0360. The van der Waals surface area contributed by atoms with Crippen molar-refractivity contribution in [2.75, 3.05) is 13.7 Å². The molecule has 0 bridgehead atoms. The van der Waals surface area contributed by atoms with Crippen LogP contribution >= 0.6 is 0 Å². The molecule has 4 nitrogen and oxygen atoms in total. The number of aliphatic hydroxyl groups excluding tert-OH is 2. The van der Waals surface area contributed by atoms with Crippen molar-refractivity contribution in [3.63, 3.8) is 0 Å². The smallest absolute Gasteiger partial charge is 0.306 e. The Bertz CT molecular complexity index is 102. The van der Waals surface area contributed by atoms with Gasteiger partial charge in [0.15, 0.2) is 0 Å². The first-order valence-corrected chi connectivity index (χ1v) is 3.08. The molecule has 1 unspecified atom stereocenters. The van der Waals surface area contributed by atoms with Gasteiger partial charge in [-0.1, -0.05) is 0 Å². The van der Waals surface area contributed by atoms with E-state index in [0.717, 1.165) is 7.11 Å². The van der Waals surface area contributed by atoms with E-state index in [9.17, 15) is 4.79 Å². The first-order valence-electron chi connectivity index (χ1n) is 3.08. The monoisotopic (exact) mass is 148 g/mol. The lowest BCUT2D eigenvalue weighted by Crippen LogP contribution is -2.10. The summed E-state index contributed by atoms with van der Waals surface area (Å²) in [6, 6.07) is 0. The van der Waals surface area contributed by atoms with E-state index in [0.29, 0.717) is 12.8 Å². The molecule has 0 aliphatic carbocycles. The first-order chi connectivity index (χ1) is 4.83. The number of hydrogen-bond donors (Lipinski definition) is 2. The highest BCUT2D eigenvalue weighted by atomic mass is 16.6. The zero-order valence-electron chi connectivity index (χ0n) is 5.91. The van der Waals surface area contributed by atoms with Gasteiger partial charge < -0.3 is 14.9 Å². The number of aliphatic hydroxyl groups is 2. The molecule has 10 heavy (non-hydrogen) atoms. The predicted molar refractivity (Wildman–Crippen MR) is 34.3 cm³/mol. The van der Waals surface area contributed by atoms with Gasteiger partial charge in [-0.15, -0.1) is 0 Å². The van der Waals surface area contributed by atoms with Gasteiger partial charge in [0.1, 0.15) is 6.10 Å². The van der Waals surface area contributed by atoms with E-state index in [4.69, 9.17) is 10.2 Å². The summed E-state index contributed by atoms with van der Waals surface area (Å²) in [5, 5.41) is 15.4. The summed E-state index contributed by atoms with van der Waals surface area (Å²) < 4.78 is 4.62. The zero-order valence-corrected chi connectivity index (χ0v) is 5.91. The van der Waals surface area contributed by atoms with Gasteiger partial charge in [-0.3, -0.25) is 4.79 Å². The van der Waals surface area contributed by atoms with Gasteiger partial charge >= 0.3 is 5.97 Å². The van der Waals surface area contributed by atoms with Crippen molar-refractivity contribution in [3.8, 4) is 0 Å². The van der Waals surface area contributed by atoms with E-state index in [1.54, 1.807) is 0 Å². The van der Waals surface area contributed by atoms with E-state index in [1.807, 2.05) is 0 Å². The summed E-state index contributed by atoms with van der Waals surface area (Å²) >= 11 is 0. The van der Waals surface area contributed by atoms with E-state index in [1.165, 1.54) is 0 Å². The molecule has 2 N–H and O–H groups in total. The molecule has 60 valence electrons. The normalized spacial score (nSPS) is 23.1. The molecule has 1 heterocycles. The van der Waals surface area contributed by atoms with Gasteiger partial charge in [0, 0.05) is 13.5 Å². The Labute approximate surface area is 59.4 Å². The lowest BCUT2D eigenvalue weighted by molar-refractivity contribution is -0.142. The van der Waals surface area contributed by atoms with Gasteiger partial charge in [-0.05, 0) is 6.42 Å². The van der Waals surface area contributed by atoms with E-state index >= 15 is 0 Å². The fourth-order valence-electron chi connectivity index (χ4n) is 0.711. The lowest BCUT2D eigenvalue weighted by Gasteiger charge is -2.01. The van der Waals surface area contributed by atoms with Crippen molar-refractivity contribution in [2.45, 2.75) is 18.9 Å². The quantitative estimate of drug-likeness (QED) is 0.482. The maximum Gasteiger partial charge on any atom is 0.306 e. The van der Waals surface area contributed by atoms with Crippen LogP contribution in [0.5, 0.6) is 0 Å². The zero-order chi connectivity index (χ0) is 7.98. The molecule has 1 aliphatic heterocycles. The predicted octanol–water partition coefficient (Wildman–Crippen LogP) is -0.707. The molecule has 0 aromatic rings. The number of hydrogen-bond acceptors (Lipinski definition) is 4. The Morgan fingerprint density at radius 3 is 2.50 bits per heavy atom. The molecular weight excluding hydrogens is 136 g/mol. The average Bonchev–Trinajstić information content (AvgIpc) is 2.40. The number of carbonyl (C=O) groups is 1. The summed E-state index contributed by atoms with van der Waals surface area (Å²) in [7, 11) is 1.00. The van der Waals surface area contributed by atoms with Gasteiger partial charge in [0.25, 0.3) is 0 Å². The fourth-order valence-corrected chi connectivity index (χ4v) is 0.711. The maximum absolute atomic E-state index is 10.3. The van der Waals surface area contributed by atoms with Gasteiger partial charge in [0.2, 0.25) is 0 Å². The summed E-state index contributed by atoms with van der Waals surface area (Å²) in [6.07, 6.45) is 0.920. The standard InChI is InChI=1S/C5H8O3.CH4O/c6-3-4-1-2-5(7)8-4;1-2/h4,6H,1-3H2;2H,1H3. The number of rotatable bonds is 1. The number of esters is 1. The fraction of sp³-hybridized carbons (Fsp3) is 0.833. The van der Waals surface area contributed by atoms with Gasteiger partial charge in [-0.25, -0.2) is 0 Å². The lowest BCUT2D eigenvalue weighted by atomic mass is 10.2. The molecule has 0 saturated carbocycles. The Morgan fingerprint density at radius 1 is 1.70 bits per heavy atom. The number of carbonyl (C=O) groups excluding carboxylic acids is 1. The molecule has 1 fully saturated rings. The third kappa shape index (κ3) is 2.80. The van der Waals surface area contributed by atoms with Crippen molar-refractivity contribution in [3.05, 3.63) is 0 Å². The largest absolute Gasteiger partial charge is 0.460 e. The van der Waals surface area contributed by atoms with Crippen LogP contribution in [0.1, 0.15) is 12.8 Å². The van der Waals surface area contributed by atoms with Crippen LogP contribution in [-0.4, -0.2) is 36.0 Å². The Morgan fingerprint density at radius 2 is 2.30 bits per heavy atom. The minimum atomic E-state index is -0.220. The van der Waals surface area contributed by atoms with Crippen LogP contribution in [0.15, 0.2) is 0 Å². The van der Waals surface area contributed by atoms with Gasteiger partial charge in [0.05, 0.1) is 6.61 Å². The minimum Gasteiger partial charge on any atom is -0.460 e. The second-order valence-electron chi connectivity index (χ2n) is 1.83. The van der Waals surface area contributed by atoms with Crippen LogP contribution in [0, 0.1) is 0 Å². The highest BCUT2D eigenvalue weighted by molar-refractivity contribution is 5.71. The van der Waals surface area contributed by atoms with Crippen LogP contribution in [0.2, 0.25) is 0 Å². The molecule has 0 spiro atoms. The molecule has 0 aromatic heterocycles. The Balaban J connectivity index is 0.000000371. The number of cyclic esters (lactones) is 1. The highest BCUT2D eigenvalue weighted by Crippen LogP contribution is 2.11. The van der Waals surface area contributed by atoms with Crippen molar-refractivity contribution in [1.82, 2.24) is 0 Å². The second kappa shape index (κ2) is 5.20. The molecule has 1 saturated heterocycles. The number of ether oxygens (including phenoxy) is 1. The van der Waals surface area contributed by atoms with Crippen molar-refractivity contribution >= 4 is 5.97 Å². The van der Waals surface area contributed by atoms with Crippen LogP contribution in [-0.2, 0) is 9.53 Å². The first kappa shape index (κ1) is 9.39. The van der Waals surface area contributed by atoms with Crippen LogP contribution in [0.3, 0.4) is 0 Å². The van der Waals surface area contributed by atoms with Crippen molar-refractivity contribution < 1.29 is 19.7 Å². The van der Waals surface area contributed by atoms with Crippen molar-refractivity contribution in [2.24, 2.45) is 0 Å². The highest BCUT2D eigenvalue weighted by Gasteiger charge is 2.21. The molecule has 1 aliphatic rings. The molecular formula is C6H12O4. The van der Waals surface area contributed by atoms with Crippen LogP contribution in [0.4, 0.5) is 0 Å². The Kier molecular flexibility index (Phi) is 4.88. The Hall–Kier alpha value is -0.610. The van der Waals surface area contributed by atoms with Crippen molar-refractivity contribution in [1.29, 1.82) is 0 Å². The third-order valence-corrected chi connectivity index (χ3v) is 1.17. The second-order valence-corrected chi connectivity index (χ2v) is 1.83. The molecule has 0 amide bonds. The van der Waals surface area contributed by atoms with Crippen LogP contribution in [0.25, 0.3) is 0 Å². The minimum absolute atomic E-state index is 0.0360. The van der Waals surface area contributed by atoms with Gasteiger partial charge in [-0.2, -0.15) is 0 Å². The van der Waals surface area contributed by atoms with E-state index in [-0.39, 0.29) is 18.7 Å². The SMILES string of the molecule is CO.O=C1CCC(CO)O1. The third-order valence-electron chi connectivity index (χ3n) is 1.17.